The second kappa shape index (κ2) is 9.16. The molecule has 0 unspecified atom stereocenters. The summed E-state index contributed by atoms with van der Waals surface area (Å²) in [6, 6.07) is 9.18. The van der Waals surface area contributed by atoms with Crippen molar-refractivity contribution in [2.45, 2.75) is 13.8 Å². The minimum absolute atomic E-state index is 0.196. The number of aromatic nitrogens is 1. The van der Waals surface area contributed by atoms with Gasteiger partial charge in [-0.25, -0.2) is 9.78 Å². The molecule has 0 aliphatic carbocycles. The van der Waals surface area contributed by atoms with Crippen molar-refractivity contribution in [3.63, 3.8) is 0 Å². The third-order valence-corrected chi connectivity index (χ3v) is 5.13. The highest BCUT2D eigenvalue weighted by molar-refractivity contribution is 9.10. The minimum Gasteiger partial charge on any atom is -0.354 e. The van der Waals surface area contributed by atoms with E-state index in [1.807, 2.05) is 49.1 Å². The van der Waals surface area contributed by atoms with E-state index in [0.29, 0.717) is 5.69 Å². The van der Waals surface area contributed by atoms with Gasteiger partial charge in [0.25, 0.3) is 0 Å². The van der Waals surface area contributed by atoms with Gasteiger partial charge in [-0.2, -0.15) is 0 Å². The molecule has 1 saturated heterocycles. The Kier molecular flexibility index (Phi) is 6.64. The summed E-state index contributed by atoms with van der Waals surface area (Å²) in [6.07, 6.45) is 1.78. The van der Waals surface area contributed by atoms with Crippen LogP contribution in [-0.2, 0) is 4.79 Å². The Labute approximate surface area is 173 Å². The largest absolute Gasteiger partial charge is 0.354 e. The molecule has 0 radical (unpaired) electrons. The zero-order valence-corrected chi connectivity index (χ0v) is 17.6. The number of carbonyl (C=O) groups is 2. The topological polar surface area (TPSA) is 77.6 Å². The Hall–Kier alpha value is -2.45. The number of rotatable bonds is 4. The zero-order valence-electron chi connectivity index (χ0n) is 16.0. The third kappa shape index (κ3) is 5.53. The summed E-state index contributed by atoms with van der Waals surface area (Å²) < 4.78 is 0.950. The van der Waals surface area contributed by atoms with E-state index in [2.05, 4.69) is 36.4 Å². The highest BCUT2D eigenvalue weighted by Crippen LogP contribution is 2.17. The average Bonchev–Trinajstić information content (AvgIpc) is 2.65. The maximum absolute atomic E-state index is 12.2. The normalized spacial score (nSPS) is 14.6. The molecule has 148 valence electrons. The Bertz CT molecular complexity index is 848. The van der Waals surface area contributed by atoms with Crippen molar-refractivity contribution in [3.8, 4) is 0 Å². The molecular weight excluding hydrogens is 422 g/mol. The first-order valence-electron chi connectivity index (χ1n) is 9.17. The maximum atomic E-state index is 12.2. The standard InChI is InChI=1S/C20H24BrN5O2/c1-14-3-5-17(15(2)11-14)23-20(28)24-19(27)13-25-7-9-26(10-8-25)18-6-4-16(21)12-22-18/h3-6,11-12H,7-10,13H2,1-2H3,(H2,23,24,27,28). The molecule has 0 bridgehead atoms. The molecule has 1 aromatic carbocycles. The van der Waals surface area contributed by atoms with Crippen LogP contribution in [0.4, 0.5) is 16.3 Å². The molecule has 7 nitrogen and oxygen atoms in total. The fourth-order valence-corrected chi connectivity index (χ4v) is 3.40. The molecule has 0 atom stereocenters. The predicted molar refractivity (Wildman–Crippen MR) is 114 cm³/mol. The number of anilines is 2. The summed E-state index contributed by atoms with van der Waals surface area (Å²) in [5.74, 6) is 0.623. The molecule has 1 fully saturated rings. The van der Waals surface area contributed by atoms with Crippen LogP contribution < -0.4 is 15.5 Å². The van der Waals surface area contributed by atoms with Crippen LogP contribution in [0.5, 0.6) is 0 Å². The SMILES string of the molecule is Cc1ccc(NC(=O)NC(=O)CN2CCN(c3ccc(Br)cn3)CC2)c(C)c1. The molecule has 1 aromatic heterocycles. The van der Waals surface area contributed by atoms with Gasteiger partial charge >= 0.3 is 6.03 Å². The molecule has 28 heavy (non-hydrogen) atoms. The molecule has 3 amide bonds. The van der Waals surface area contributed by atoms with Crippen molar-refractivity contribution in [3.05, 3.63) is 52.1 Å². The van der Waals surface area contributed by atoms with Gasteiger partial charge in [-0.05, 0) is 53.5 Å². The van der Waals surface area contributed by atoms with Crippen molar-refractivity contribution >= 4 is 39.4 Å². The van der Waals surface area contributed by atoms with Gasteiger partial charge in [-0.1, -0.05) is 17.7 Å². The van der Waals surface area contributed by atoms with Crippen LogP contribution in [0.2, 0.25) is 0 Å². The first-order valence-corrected chi connectivity index (χ1v) is 9.97. The number of carbonyl (C=O) groups excluding carboxylic acids is 2. The second-order valence-electron chi connectivity index (χ2n) is 6.92. The van der Waals surface area contributed by atoms with Crippen LogP contribution in [0.1, 0.15) is 11.1 Å². The third-order valence-electron chi connectivity index (χ3n) is 4.66. The first kappa shape index (κ1) is 20.3. The Morgan fingerprint density at radius 1 is 1.11 bits per heavy atom. The number of piperazine rings is 1. The number of aryl methyl sites for hydroxylation is 2. The second-order valence-corrected chi connectivity index (χ2v) is 7.83. The molecule has 2 heterocycles. The Morgan fingerprint density at radius 3 is 2.50 bits per heavy atom. The van der Waals surface area contributed by atoms with E-state index in [1.54, 1.807) is 6.20 Å². The number of pyridine rings is 1. The van der Waals surface area contributed by atoms with Crippen molar-refractivity contribution in [2.24, 2.45) is 0 Å². The van der Waals surface area contributed by atoms with E-state index in [4.69, 9.17) is 0 Å². The lowest BCUT2D eigenvalue weighted by atomic mass is 10.1. The number of urea groups is 1. The number of imide groups is 1. The van der Waals surface area contributed by atoms with Gasteiger partial charge in [0.2, 0.25) is 5.91 Å². The summed E-state index contributed by atoms with van der Waals surface area (Å²) in [7, 11) is 0. The number of hydrogen-bond donors (Lipinski definition) is 2. The number of hydrogen-bond acceptors (Lipinski definition) is 5. The smallest absolute Gasteiger partial charge is 0.325 e. The van der Waals surface area contributed by atoms with Gasteiger partial charge in [0.15, 0.2) is 0 Å². The molecule has 0 spiro atoms. The number of amides is 3. The lowest BCUT2D eigenvalue weighted by Gasteiger charge is -2.34. The summed E-state index contributed by atoms with van der Waals surface area (Å²) in [5.41, 5.74) is 2.78. The Balaban J connectivity index is 1.44. The van der Waals surface area contributed by atoms with E-state index >= 15 is 0 Å². The monoisotopic (exact) mass is 445 g/mol. The summed E-state index contributed by atoms with van der Waals surface area (Å²) >= 11 is 3.39. The lowest BCUT2D eigenvalue weighted by Crippen LogP contribution is -2.50. The molecule has 2 aromatic rings. The van der Waals surface area contributed by atoms with Crippen LogP contribution in [0.3, 0.4) is 0 Å². The van der Waals surface area contributed by atoms with Crippen LogP contribution in [-0.4, -0.2) is 54.5 Å². The van der Waals surface area contributed by atoms with Crippen LogP contribution >= 0.6 is 15.9 Å². The number of nitrogens with one attached hydrogen (secondary N) is 2. The fraction of sp³-hybridized carbons (Fsp3) is 0.350. The zero-order chi connectivity index (χ0) is 20.1. The Morgan fingerprint density at radius 2 is 1.86 bits per heavy atom. The molecule has 8 heteroatoms. The fourth-order valence-electron chi connectivity index (χ4n) is 3.17. The van der Waals surface area contributed by atoms with Gasteiger partial charge in [-0.3, -0.25) is 15.0 Å². The van der Waals surface area contributed by atoms with E-state index in [1.165, 1.54) is 0 Å². The van der Waals surface area contributed by atoms with Gasteiger partial charge < -0.3 is 10.2 Å². The molecule has 0 saturated carbocycles. The summed E-state index contributed by atoms with van der Waals surface area (Å²) in [6.45, 7) is 7.17. The van der Waals surface area contributed by atoms with E-state index < -0.39 is 6.03 Å². The van der Waals surface area contributed by atoms with Gasteiger partial charge in [0.1, 0.15) is 5.82 Å². The molecule has 3 rings (SSSR count). The predicted octanol–water partition coefficient (Wildman–Crippen LogP) is 2.93. The van der Waals surface area contributed by atoms with E-state index in [0.717, 1.165) is 47.6 Å². The molecule has 2 N–H and O–H groups in total. The number of nitrogens with zero attached hydrogens (tertiary/aromatic N) is 3. The van der Waals surface area contributed by atoms with Crippen LogP contribution in [0.15, 0.2) is 41.0 Å². The average molecular weight is 446 g/mol. The molecular formula is C20H24BrN5O2. The van der Waals surface area contributed by atoms with Crippen molar-refractivity contribution in [1.29, 1.82) is 0 Å². The molecule has 1 aliphatic heterocycles. The minimum atomic E-state index is -0.505. The maximum Gasteiger partial charge on any atom is 0.325 e. The summed E-state index contributed by atoms with van der Waals surface area (Å²) in [4.78, 5) is 32.9. The first-order chi connectivity index (χ1) is 13.4. The van der Waals surface area contributed by atoms with Crippen molar-refractivity contribution in [2.75, 3.05) is 42.9 Å². The van der Waals surface area contributed by atoms with Crippen molar-refractivity contribution < 1.29 is 9.59 Å². The van der Waals surface area contributed by atoms with Crippen LogP contribution in [0.25, 0.3) is 0 Å². The summed E-state index contributed by atoms with van der Waals surface area (Å²) in [5, 5.41) is 5.13. The number of benzene rings is 1. The van der Waals surface area contributed by atoms with Gasteiger partial charge in [-0.15, -0.1) is 0 Å². The van der Waals surface area contributed by atoms with Gasteiger partial charge in [0, 0.05) is 42.5 Å². The van der Waals surface area contributed by atoms with Gasteiger partial charge in [0.05, 0.1) is 6.54 Å². The molecule has 1 aliphatic rings. The number of halogens is 1. The highest BCUT2D eigenvalue weighted by atomic mass is 79.9. The van der Waals surface area contributed by atoms with E-state index in [-0.39, 0.29) is 12.5 Å². The quantitative estimate of drug-likeness (QED) is 0.756. The van der Waals surface area contributed by atoms with E-state index in [9.17, 15) is 9.59 Å². The highest BCUT2D eigenvalue weighted by Gasteiger charge is 2.20. The van der Waals surface area contributed by atoms with Crippen LogP contribution in [0, 0.1) is 13.8 Å². The van der Waals surface area contributed by atoms with Crippen molar-refractivity contribution in [1.82, 2.24) is 15.2 Å². The lowest BCUT2D eigenvalue weighted by molar-refractivity contribution is -0.121.